The van der Waals surface area contributed by atoms with Crippen LogP contribution < -0.4 is 9.47 Å². The van der Waals surface area contributed by atoms with Crippen molar-refractivity contribution in [2.75, 3.05) is 27.3 Å². The standard InChI is InChI=1S/C19H23N3O3/c1-24-17-16(18(25-2)21-13-20-17)19(23)22-10-8-15(9-11-22)12-14-6-4-3-5-7-14/h3-7,13,15H,8-12H2,1-2H3. The molecule has 0 bridgehead atoms. The second kappa shape index (κ2) is 7.96. The number of hydrogen-bond acceptors (Lipinski definition) is 5. The SMILES string of the molecule is COc1ncnc(OC)c1C(=O)N1CCC(Cc2ccccc2)CC1. The van der Waals surface area contributed by atoms with Crippen LogP contribution in [0.25, 0.3) is 0 Å². The van der Waals surface area contributed by atoms with Crippen molar-refractivity contribution >= 4 is 5.91 Å². The fourth-order valence-electron chi connectivity index (χ4n) is 3.29. The molecule has 0 saturated carbocycles. The Morgan fingerprint density at radius 1 is 1.08 bits per heavy atom. The monoisotopic (exact) mass is 341 g/mol. The third-order valence-electron chi connectivity index (χ3n) is 4.65. The average Bonchev–Trinajstić information content (AvgIpc) is 2.68. The highest BCUT2D eigenvalue weighted by atomic mass is 16.5. The molecule has 1 aromatic heterocycles. The summed E-state index contributed by atoms with van der Waals surface area (Å²) in [5.41, 5.74) is 1.65. The van der Waals surface area contributed by atoms with Gasteiger partial charge in [0.05, 0.1) is 14.2 Å². The van der Waals surface area contributed by atoms with Gasteiger partial charge in [-0.25, -0.2) is 9.97 Å². The molecule has 2 aromatic rings. The lowest BCUT2D eigenvalue weighted by Gasteiger charge is -2.32. The predicted molar refractivity (Wildman–Crippen MR) is 93.9 cm³/mol. The number of amides is 1. The van der Waals surface area contributed by atoms with E-state index in [-0.39, 0.29) is 17.7 Å². The number of nitrogens with zero attached hydrogens (tertiary/aromatic N) is 3. The number of piperidine rings is 1. The van der Waals surface area contributed by atoms with Crippen LogP contribution in [0.2, 0.25) is 0 Å². The Morgan fingerprint density at radius 3 is 2.24 bits per heavy atom. The Hall–Kier alpha value is -2.63. The lowest BCUT2D eigenvalue weighted by atomic mass is 9.90. The minimum absolute atomic E-state index is 0.132. The molecule has 0 unspecified atom stereocenters. The van der Waals surface area contributed by atoms with E-state index in [1.165, 1.54) is 26.1 Å². The first kappa shape index (κ1) is 17.2. The molecule has 1 aliphatic heterocycles. The van der Waals surface area contributed by atoms with Crippen LogP contribution in [0.5, 0.6) is 11.8 Å². The Morgan fingerprint density at radius 2 is 1.68 bits per heavy atom. The van der Waals surface area contributed by atoms with E-state index in [9.17, 15) is 4.79 Å². The molecule has 2 heterocycles. The second-order valence-electron chi connectivity index (χ2n) is 6.19. The van der Waals surface area contributed by atoms with E-state index in [4.69, 9.17) is 9.47 Å². The molecule has 25 heavy (non-hydrogen) atoms. The predicted octanol–water partition coefficient (Wildman–Crippen LogP) is 2.59. The number of hydrogen-bond donors (Lipinski definition) is 0. The molecule has 132 valence electrons. The Balaban J connectivity index is 1.66. The molecule has 1 aromatic carbocycles. The summed E-state index contributed by atoms with van der Waals surface area (Å²) in [7, 11) is 2.98. The molecule has 0 aliphatic carbocycles. The van der Waals surface area contributed by atoms with Crippen LogP contribution in [-0.4, -0.2) is 48.1 Å². The Labute approximate surface area is 147 Å². The van der Waals surface area contributed by atoms with E-state index < -0.39 is 0 Å². The minimum Gasteiger partial charge on any atom is -0.480 e. The first-order valence-corrected chi connectivity index (χ1v) is 8.49. The molecule has 1 amide bonds. The van der Waals surface area contributed by atoms with Crippen molar-refractivity contribution in [1.29, 1.82) is 0 Å². The van der Waals surface area contributed by atoms with E-state index in [2.05, 4.69) is 34.2 Å². The number of carbonyl (C=O) groups is 1. The van der Waals surface area contributed by atoms with Crippen molar-refractivity contribution < 1.29 is 14.3 Å². The van der Waals surface area contributed by atoms with Crippen LogP contribution >= 0.6 is 0 Å². The Bertz CT molecular complexity index is 691. The van der Waals surface area contributed by atoms with Gasteiger partial charge in [0.1, 0.15) is 6.33 Å². The van der Waals surface area contributed by atoms with Crippen LogP contribution in [0.1, 0.15) is 28.8 Å². The second-order valence-corrected chi connectivity index (χ2v) is 6.19. The summed E-state index contributed by atoms with van der Waals surface area (Å²) in [6.07, 6.45) is 4.36. The molecule has 1 aliphatic rings. The fraction of sp³-hybridized carbons (Fsp3) is 0.421. The van der Waals surface area contributed by atoms with Crippen molar-refractivity contribution in [3.05, 3.63) is 47.8 Å². The van der Waals surface area contributed by atoms with E-state index in [1.54, 1.807) is 0 Å². The fourth-order valence-corrected chi connectivity index (χ4v) is 3.29. The lowest BCUT2D eigenvalue weighted by Crippen LogP contribution is -2.39. The largest absolute Gasteiger partial charge is 0.480 e. The van der Waals surface area contributed by atoms with E-state index in [0.29, 0.717) is 11.5 Å². The molecular formula is C19H23N3O3. The van der Waals surface area contributed by atoms with E-state index >= 15 is 0 Å². The number of likely N-dealkylation sites (tertiary alicyclic amines) is 1. The summed E-state index contributed by atoms with van der Waals surface area (Å²) in [6.45, 7) is 1.44. The highest BCUT2D eigenvalue weighted by Gasteiger charge is 2.29. The van der Waals surface area contributed by atoms with Crippen LogP contribution in [-0.2, 0) is 6.42 Å². The van der Waals surface area contributed by atoms with E-state index in [1.807, 2.05) is 11.0 Å². The van der Waals surface area contributed by atoms with Gasteiger partial charge in [-0.3, -0.25) is 4.79 Å². The number of methoxy groups -OCH3 is 2. The van der Waals surface area contributed by atoms with Gasteiger partial charge >= 0.3 is 0 Å². The Kier molecular flexibility index (Phi) is 5.48. The topological polar surface area (TPSA) is 64.6 Å². The maximum Gasteiger partial charge on any atom is 0.264 e. The van der Waals surface area contributed by atoms with Crippen LogP contribution in [0.3, 0.4) is 0 Å². The molecule has 1 saturated heterocycles. The zero-order chi connectivity index (χ0) is 17.6. The molecule has 0 spiro atoms. The van der Waals surface area contributed by atoms with Crippen LogP contribution in [0.4, 0.5) is 0 Å². The number of benzene rings is 1. The van der Waals surface area contributed by atoms with Gasteiger partial charge in [-0.05, 0) is 30.7 Å². The summed E-state index contributed by atoms with van der Waals surface area (Å²) in [5, 5.41) is 0. The molecule has 0 N–H and O–H groups in total. The third-order valence-corrected chi connectivity index (χ3v) is 4.65. The molecule has 6 nitrogen and oxygen atoms in total. The summed E-state index contributed by atoms with van der Waals surface area (Å²) in [6, 6.07) is 10.5. The normalized spacial score (nSPS) is 15.0. The maximum absolute atomic E-state index is 12.9. The molecule has 0 radical (unpaired) electrons. The summed E-state index contributed by atoms with van der Waals surface area (Å²) >= 11 is 0. The van der Waals surface area contributed by atoms with Gasteiger partial charge in [0.25, 0.3) is 5.91 Å². The molecule has 0 atom stereocenters. The van der Waals surface area contributed by atoms with Crippen molar-refractivity contribution in [1.82, 2.24) is 14.9 Å². The quantitative estimate of drug-likeness (QED) is 0.836. The van der Waals surface area contributed by atoms with Gasteiger partial charge in [-0.1, -0.05) is 30.3 Å². The number of rotatable bonds is 5. The number of aromatic nitrogens is 2. The molecular weight excluding hydrogens is 318 g/mol. The summed E-state index contributed by atoms with van der Waals surface area (Å²) in [4.78, 5) is 22.8. The lowest BCUT2D eigenvalue weighted by molar-refractivity contribution is 0.0681. The van der Waals surface area contributed by atoms with Crippen LogP contribution in [0.15, 0.2) is 36.7 Å². The first-order chi connectivity index (χ1) is 12.2. The van der Waals surface area contributed by atoms with Crippen molar-refractivity contribution in [2.24, 2.45) is 5.92 Å². The zero-order valence-corrected chi connectivity index (χ0v) is 14.6. The molecule has 1 fully saturated rings. The highest BCUT2D eigenvalue weighted by Crippen LogP contribution is 2.28. The van der Waals surface area contributed by atoms with Gasteiger partial charge in [-0.2, -0.15) is 0 Å². The third kappa shape index (κ3) is 3.90. The minimum atomic E-state index is -0.132. The van der Waals surface area contributed by atoms with Crippen LogP contribution in [0, 0.1) is 5.92 Å². The number of ether oxygens (including phenoxy) is 2. The number of carbonyl (C=O) groups excluding carboxylic acids is 1. The van der Waals surface area contributed by atoms with Crippen molar-refractivity contribution in [2.45, 2.75) is 19.3 Å². The van der Waals surface area contributed by atoms with Gasteiger partial charge in [0.15, 0.2) is 5.56 Å². The molecule has 3 rings (SSSR count). The zero-order valence-electron chi connectivity index (χ0n) is 14.6. The highest BCUT2D eigenvalue weighted by molar-refractivity contribution is 5.98. The summed E-state index contributed by atoms with van der Waals surface area (Å²) < 4.78 is 10.4. The maximum atomic E-state index is 12.9. The first-order valence-electron chi connectivity index (χ1n) is 8.49. The van der Waals surface area contributed by atoms with Gasteiger partial charge in [-0.15, -0.1) is 0 Å². The van der Waals surface area contributed by atoms with Gasteiger partial charge in [0, 0.05) is 13.1 Å². The van der Waals surface area contributed by atoms with Gasteiger partial charge in [0.2, 0.25) is 11.8 Å². The van der Waals surface area contributed by atoms with Crippen molar-refractivity contribution in [3.63, 3.8) is 0 Å². The average molecular weight is 341 g/mol. The van der Waals surface area contributed by atoms with Crippen molar-refractivity contribution in [3.8, 4) is 11.8 Å². The smallest absolute Gasteiger partial charge is 0.264 e. The van der Waals surface area contributed by atoms with E-state index in [0.717, 1.165) is 32.4 Å². The molecule has 6 heteroatoms. The van der Waals surface area contributed by atoms with Gasteiger partial charge < -0.3 is 14.4 Å². The summed E-state index contributed by atoms with van der Waals surface area (Å²) in [5.74, 6) is 0.973.